The molecule has 0 aliphatic rings. The average Bonchev–Trinajstić information content (AvgIpc) is 3.30. The Balaban J connectivity index is 0.000000397. The van der Waals surface area contributed by atoms with Gasteiger partial charge >= 0.3 is 49.4 Å². The Hall–Kier alpha value is -6.87. The summed E-state index contributed by atoms with van der Waals surface area (Å²) < 4.78 is 343. The molecule has 0 unspecified atom stereocenters. The van der Waals surface area contributed by atoms with Crippen LogP contribution in [0, 0.1) is 0 Å². The summed E-state index contributed by atoms with van der Waals surface area (Å²) in [4.78, 5) is 12.2. The maximum absolute atomic E-state index is 14.2. The highest BCUT2D eigenvalue weighted by Crippen LogP contribution is 2.41. The molecule has 7 rings (SSSR count). The lowest BCUT2D eigenvalue weighted by Gasteiger charge is -2.46. The Labute approximate surface area is 421 Å². The molecular weight excluding hydrogens is 1120 g/mol. The third kappa shape index (κ3) is 13.5. The van der Waals surface area contributed by atoms with Crippen molar-refractivity contribution < 1.29 is 115 Å². The lowest BCUT2D eigenvalue weighted by molar-refractivity contribution is -0.718. The number of benzene rings is 6. The van der Waals surface area contributed by atoms with Crippen molar-refractivity contribution in [1.29, 1.82) is 0 Å². The van der Waals surface area contributed by atoms with Crippen molar-refractivity contribution in [3.63, 3.8) is 0 Å². The lowest BCUT2D eigenvalue weighted by atomic mass is 9.12. The van der Waals surface area contributed by atoms with E-state index in [0.717, 1.165) is 21.4 Å². The Morgan fingerprint density at radius 2 is 0.597 bits per heavy atom. The van der Waals surface area contributed by atoms with E-state index in [1.54, 1.807) is 0 Å². The van der Waals surface area contributed by atoms with E-state index in [9.17, 15) is 110 Å². The van der Waals surface area contributed by atoms with Crippen molar-refractivity contribution >= 4 is 57.2 Å². The number of hydrogen-bond donors (Lipinski definition) is 1. The van der Waals surface area contributed by atoms with Gasteiger partial charge in [0.25, 0.3) is 0 Å². The smallest absolute Gasteiger partial charge is 0.287 e. The molecule has 0 radical (unpaired) electrons. The van der Waals surface area contributed by atoms with Crippen molar-refractivity contribution in [1.82, 2.24) is 0 Å². The predicted octanol–water partition coefficient (Wildman–Crippen LogP) is 14.5. The molecule has 0 amide bonds. The molecular formula is C49H26BF24NOS. The third-order valence-electron chi connectivity index (χ3n) is 11.7. The van der Waals surface area contributed by atoms with Gasteiger partial charge in [0.05, 0.1) is 44.5 Å². The highest BCUT2D eigenvalue weighted by atomic mass is 32.1. The third-order valence-corrected chi connectivity index (χ3v) is 12.1. The first kappa shape index (κ1) is 59.4. The zero-order chi connectivity index (χ0) is 57.9. The molecule has 0 fully saturated rings. The van der Waals surface area contributed by atoms with E-state index in [-0.39, 0.29) is 5.78 Å². The van der Waals surface area contributed by atoms with Crippen molar-refractivity contribution in [2.24, 2.45) is 0 Å². The SMILES string of the molecule is FC(F)(F)c1cc([B-](c2cc(C(F)(F)F)cc(C(F)(F)F)c2)(c2cc(C(F)(F)F)cc(C(F)(F)F)c2)c2cc(C(F)(F)F)cc(C(F)(F)F)c2)cc(C(F)(F)F)c1.O=C(C[n+]1cc2ccccc2cc1S)c1ccccc1. The van der Waals surface area contributed by atoms with Crippen molar-refractivity contribution in [3.05, 3.63) is 190 Å². The summed E-state index contributed by atoms with van der Waals surface area (Å²) in [5, 5.41) is 3.01. The fourth-order valence-electron chi connectivity index (χ4n) is 8.28. The van der Waals surface area contributed by atoms with Crippen LogP contribution >= 0.6 is 12.6 Å². The Morgan fingerprint density at radius 1 is 0.351 bits per heavy atom. The monoisotopic (exact) mass is 1140 g/mol. The van der Waals surface area contributed by atoms with Gasteiger partial charge < -0.3 is 0 Å². The summed E-state index contributed by atoms with van der Waals surface area (Å²) >= 11 is 4.47. The zero-order valence-corrected chi connectivity index (χ0v) is 38.3. The van der Waals surface area contributed by atoms with Crippen molar-refractivity contribution in [3.8, 4) is 0 Å². The van der Waals surface area contributed by atoms with Gasteiger partial charge in [-0.15, -0.1) is 0 Å². The van der Waals surface area contributed by atoms with Crippen LogP contribution in [0.1, 0.15) is 54.9 Å². The fraction of sp³-hybridized carbons (Fsp3) is 0.184. The number of halogens is 24. The molecule has 0 N–H and O–H groups in total. The van der Waals surface area contributed by atoms with E-state index >= 15 is 0 Å². The van der Waals surface area contributed by atoms with Crippen molar-refractivity contribution in [2.45, 2.75) is 61.0 Å². The largest absolute Gasteiger partial charge is 0.416 e. The van der Waals surface area contributed by atoms with Gasteiger partial charge in [-0.3, -0.25) is 4.79 Å². The maximum Gasteiger partial charge on any atom is 0.416 e. The number of thiol groups is 1. The van der Waals surface area contributed by atoms with Gasteiger partial charge in [0.2, 0.25) is 17.4 Å². The Morgan fingerprint density at radius 3 is 0.857 bits per heavy atom. The second kappa shape index (κ2) is 20.5. The van der Waals surface area contributed by atoms with E-state index in [1.807, 2.05) is 71.4 Å². The van der Waals surface area contributed by atoms with Gasteiger partial charge in [0, 0.05) is 17.0 Å². The second-order valence-electron chi connectivity index (χ2n) is 16.9. The van der Waals surface area contributed by atoms with Crippen LogP contribution < -0.4 is 26.4 Å². The summed E-state index contributed by atoms with van der Waals surface area (Å²) in [5.74, 6) is 0.0844. The molecule has 1 heterocycles. The lowest BCUT2D eigenvalue weighted by Crippen LogP contribution is -2.75. The minimum absolute atomic E-state index is 0.0844. The number of rotatable bonds is 7. The molecule has 1 aromatic heterocycles. The van der Waals surface area contributed by atoms with Crippen LogP contribution in [0.25, 0.3) is 10.8 Å². The molecule has 77 heavy (non-hydrogen) atoms. The number of carbonyl (C=O) groups excluding carboxylic acids is 1. The summed E-state index contributed by atoms with van der Waals surface area (Å²) in [6, 6.07) is 10.6. The molecule has 0 atom stereocenters. The number of pyridine rings is 1. The first-order valence-corrected chi connectivity index (χ1v) is 21.5. The minimum atomic E-state index is -6.13. The van der Waals surface area contributed by atoms with Crippen LogP contribution in [0.5, 0.6) is 0 Å². The van der Waals surface area contributed by atoms with Gasteiger partial charge in [-0.1, -0.05) is 110 Å². The molecule has 0 bridgehead atoms. The summed E-state index contributed by atoms with van der Waals surface area (Å²) in [7, 11) is 0. The molecule has 0 spiro atoms. The van der Waals surface area contributed by atoms with Crippen LogP contribution in [0.4, 0.5) is 105 Å². The minimum Gasteiger partial charge on any atom is -0.287 e. The van der Waals surface area contributed by atoms with Crippen LogP contribution in [0.3, 0.4) is 0 Å². The van der Waals surface area contributed by atoms with Gasteiger partial charge in [-0.2, -0.15) is 132 Å². The Bertz CT molecular complexity index is 2870. The van der Waals surface area contributed by atoms with Crippen LogP contribution in [0.2, 0.25) is 0 Å². The molecule has 28 heteroatoms. The normalized spacial score (nSPS) is 13.4. The standard InChI is InChI=1S/C32H12BF24.C17H13NOS/c34-25(35,36)13-1-14(26(37,38)39)6-21(5-13)33(22-7-15(27(40,41)42)2-16(8-22)28(43,44)45,23-9-17(29(46,47)48)3-18(10-23)30(49,50)51)24-11-19(31(52,53)54)4-20(12-24)32(55,56)57;19-16(13-6-2-1-3-7-13)12-18-11-15-9-5-4-8-14(15)10-17(18)20/h1-12H;1-11H,12H2/q-1;/p+1. The molecule has 0 saturated carbocycles. The van der Waals surface area contributed by atoms with E-state index in [0.29, 0.717) is 6.54 Å². The molecule has 2 nitrogen and oxygen atoms in total. The first-order chi connectivity index (χ1) is 35.0. The van der Waals surface area contributed by atoms with E-state index in [4.69, 9.17) is 0 Å². The number of Topliss-reactive ketones (excluding diaryl/α,β-unsaturated/α-hetero) is 1. The zero-order valence-electron chi connectivity index (χ0n) is 37.4. The van der Waals surface area contributed by atoms with Gasteiger partial charge in [0.15, 0.2) is 6.20 Å². The maximum atomic E-state index is 14.2. The number of nitrogens with zero attached hydrogens (tertiary/aromatic N) is 1. The van der Waals surface area contributed by atoms with Crippen LogP contribution in [-0.2, 0) is 56.0 Å². The molecule has 0 aliphatic heterocycles. The predicted molar refractivity (Wildman–Crippen MR) is 232 cm³/mol. The molecule has 0 saturated heterocycles. The number of hydrogen-bond acceptors (Lipinski definition) is 2. The summed E-state index contributed by atoms with van der Waals surface area (Å²) in [6.45, 7) is 0.299. The van der Waals surface area contributed by atoms with Gasteiger partial charge in [-0.25, -0.2) is 0 Å². The number of carbonyl (C=O) groups is 1. The molecule has 410 valence electrons. The van der Waals surface area contributed by atoms with Gasteiger partial charge in [0.1, 0.15) is 6.15 Å². The summed E-state index contributed by atoms with van der Waals surface area (Å²) in [6.07, 6.45) is -52.8. The van der Waals surface area contributed by atoms with Crippen LogP contribution in [0.15, 0.2) is 145 Å². The number of fused-ring (bicyclic) bond motifs is 1. The molecule has 0 aliphatic carbocycles. The van der Waals surface area contributed by atoms with Crippen molar-refractivity contribution in [2.75, 3.05) is 0 Å². The molecule has 6 aromatic carbocycles. The highest BCUT2D eigenvalue weighted by molar-refractivity contribution is 7.80. The second-order valence-corrected chi connectivity index (χ2v) is 17.4. The fourth-order valence-corrected chi connectivity index (χ4v) is 8.55. The first-order valence-electron chi connectivity index (χ1n) is 21.1. The highest BCUT2D eigenvalue weighted by Gasteiger charge is 2.47. The number of aromatic nitrogens is 1. The molecule has 7 aromatic rings. The average molecular weight is 1140 g/mol. The topological polar surface area (TPSA) is 20.9 Å². The summed E-state index contributed by atoms with van der Waals surface area (Å²) in [5.41, 5.74) is -29.5. The quantitative estimate of drug-likeness (QED) is 0.0555. The van der Waals surface area contributed by atoms with E-state index in [2.05, 4.69) is 12.6 Å². The Kier molecular flexibility index (Phi) is 15.8. The van der Waals surface area contributed by atoms with Crippen LogP contribution in [-0.4, -0.2) is 11.9 Å². The number of alkyl halides is 24. The van der Waals surface area contributed by atoms with Gasteiger partial charge in [-0.05, 0) is 35.7 Å². The number of ketones is 1. The van der Waals surface area contributed by atoms with E-state index < -0.39 is 195 Å². The van der Waals surface area contributed by atoms with E-state index in [1.165, 1.54) is 0 Å².